The maximum absolute atomic E-state index is 12.6. The Hall–Kier alpha value is -2.68. The zero-order valence-corrected chi connectivity index (χ0v) is 15.6. The number of nitrogens with zero attached hydrogens (tertiary/aromatic N) is 2. The molecule has 2 aromatic rings. The average Bonchev–Trinajstić information content (AvgIpc) is 2.68. The van der Waals surface area contributed by atoms with E-state index in [2.05, 4.69) is 43.9 Å². The first kappa shape index (κ1) is 16.8. The lowest BCUT2D eigenvalue weighted by Crippen LogP contribution is -2.25. The van der Waals surface area contributed by atoms with Crippen LogP contribution in [0.4, 0.5) is 11.4 Å². The molecule has 1 heterocycles. The third-order valence-corrected chi connectivity index (χ3v) is 5.54. The van der Waals surface area contributed by atoms with Crippen molar-refractivity contribution in [2.45, 2.75) is 33.1 Å². The Kier molecular flexibility index (Phi) is 4.23. The van der Waals surface area contributed by atoms with Crippen LogP contribution in [0.2, 0.25) is 0 Å². The van der Waals surface area contributed by atoms with Crippen LogP contribution in [-0.4, -0.2) is 24.6 Å². The van der Waals surface area contributed by atoms with E-state index >= 15 is 0 Å². The molecule has 3 nitrogen and oxygen atoms in total. The molecule has 0 N–H and O–H groups in total. The van der Waals surface area contributed by atoms with E-state index < -0.39 is 0 Å². The Labute approximate surface area is 155 Å². The molecule has 3 heteroatoms. The fourth-order valence-corrected chi connectivity index (χ4v) is 4.17. The second kappa shape index (κ2) is 6.56. The van der Waals surface area contributed by atoms with Gasteiger partial charge in [0.2, 0.25) is 0 Å². The van der Waals surface area contributed by atoms with Gasteiger partial charge in [-0.25, -0.2) is 4.99 Å². The summed E-state index contributed by atoms with van der Waals surface area (Å²) in [5.74, 6) is 0.307. The number of fused-ring (bicyclic) bond motifs is 4. The van der Waals surface area contributed by atoms with Crippen LogP contribution < -0.4 is 4.90 Å². The topological polar surface area (TPSA) is 32.7 Å². The molecule has 2 aliphatic rings. The standard InChI is InChI=1S/C23H24N2O/c1-4-16-19-13-15(25(5-2)6-3)11-12-21(19)24-23-18-10-8-7-9-17(18)22(26)14-20(16)23/h7-14,16H,4-6H2,1-3H3. The molecule has 132 valence electrons. The van der Waals surface area contributed by atoms with Crippen molar-refractivity contribution in [3.8, 4) is 0 Å². The summed E-state index contributed by atoms with van der Waals surface area (Å²) in [4.78, 5) is 20.0. The summed E-state index contributed by atoms with van der Waals surface area (Å²) in [5.41, 5.74) is 7.26. The maximum Gasteiger partial charge on any atom is 0.186 e. The van der Waals surface area contributed by atoms with Crippen LogP contribution in [-0.2, 0) is 0 Å². The molecule has 0 saturated carbocycles. The summed E-state index contributed by atoms with van der Waals surface area (Å²) in [6.45, 7) is 8.50. The summed E-state index contributed by atoms with van der Waals surface area (Å²) in [6.07, 6.45) is 2.76. The van der Waals surface area contributed by atoms with E-state index in [1.54, 1.807) is 0 Å². The largest absolute Gasteiger partial charge is 0.372 e. The molecule has 0 amide bonds. The van der Waals surface area contributed by atoms with Crippen molar-refractivity contribution in [2.24, 2.45) is 4.99 Å². The van der Waals surface area contributed by atoms with Gasteiger partial charge in [-0.15, -0.1) is 0 Å². The van der Waals surface area contributed by atoms with Crippen LogP contribution in [0.1, 0.15) is 54.6 Å². The number of carbonyl (C=O) groups is 1. The number of carbonyl (C=O) groups excluding carboxylic acids is 1. The smallest absolute Gasteiger partial charge is 0.186 e. The van der Waals surface area contributed by atoms with Gasteiger partial charge in [-0.05, 0) is 55.7 Å². The van der Waals surface area contributed by atoms with Gasteiger partial charge < -0.3 is 4.90 Å². The number of hydrogen-bond donors (Lipinski definition) is 0. The zero-order chi connectivity index (χ0) is 18.3. The summed E-state index contributed by atoms with van der Waals surface area (Å²) in [7, 11) is 0. The Morgan fingerprint density at radius 2 is 1.73 bits per heavy atom. The van der Waals surface area contributed by atoms with E-state index in [1.165, 1.54) is 11.3 Å². The van der Waals surface area contributed by atoms with Crippen LogP contribution in [0.3, 0.4) is 0 Å². The molecule has 1 unspecified atom stereocenters. The van der Waals surface area contributed by atoms with E-state index in [0.29, 0.717) is 0 Å². The molecule has 2 aromatic carbocycles. The summed E-state index contributed by atoms with van der Waals surface area (Å²) >= 11 is 0. The molecule has 0 fully saturated rings. The zero-order valence-electron chi connectivity index (χ0n) is 15.6. The van der Waals surface area contributed by atoms with Crippen molar-refractivity contribution in [1.82, 2.24) is 0 Å². The number of rotatable bonds is 4. The summed E-state index contributed by atoms with van der Waals surface area (Å²) in [5, 5.41) is 0. The highest BCUT2D eigenvalue weighted by Gasteiger charge is 2.33. The molecular formula is C23H24N2O. The number of aliphatic imine (C=N–C) groups is 1. The number of allylic oxidation sites excluding steroid dienone is 2. The first-order valence-corrected chi connectivity index (χ1v) is 9.51. The minimum Gasteiger partial charge on any atom is -0.372 e. The molecule has 1 atom stereocenters. The van der Waals surface area contributed by atoms with Crippen LogP contribution in [0.15, 0.2) is 59.1 Å². The predicted molar refractivity (Wildman–Crippen MR) is 108 cm³/mol. The van der Waals surface area contributed by atoms with Crippen LogP contribution >= 0.6 is 0 Å². The van der Waals surface area contributed by atoms with Gasteiger partial charge in [-0.1, -0.05) is 31.2 Å². The first-order valence-electron chi connectivity index (χ1n) is 9.51. The van der Waals surface area contributed by atoms with Crippen molar-refractivity contribution in [3.05, 3.63) is 70.8 Å². The van der Waals surface area contributed by atoms with Crippen molar-refractivity contribution < 1.29 is 4.79 Å². The van der Waals surface area contributed by atoms with E-state index in [-0.39, 0.29) is 11.7 Å². The van der Waals surface area contributed by atoms with Crippen LogP contribution in [0.25, 0.3) is 0 Å². The Bertz CT molecular complexity index is 935. The lowest BCUT2D eigenvalue weighted by Gasteiger charge is -2.31. The van der Waals surface area contributed by atoms with Gasteiger partial charge in [0.1, 0.15) is 0 Å². The molecule has 0 spiro atoms. The molecule has 0 aromatic heterocycles. The van der Waals surface area contributed by atoms with Gasteiger partial charge in [-0.2, -0.15) is 0 Å². The molecule has 0 saturated heterocycles. The van der Waals surface area contributed by atoms with Crippen LogP contribution in [0.5, 0.6) is 0 Å². The molecule has 26 heavy (non-hydrogen) atoms. The van der Waals surface area contributed by atoms with Gasteiger partial charge >= 0.3 is 0 Å². The van der Waals surface area contributed by atoms with E-state index in [9.17, 15) is 4.79 Å². The molecule has 0 bridgehead atoms. The third-order valence-electron chi connectivity index (χ3n) is 5.54. The molecule has 1 aliphatic carbocycles. The second-order valence-corrected chi connectivity index (χ2v) is 6.85. The Morgan fingerprint density at radius 3 is 2.42 bits per heavy atom. The van der Waals surface area contributed by atoms with Crippen molar-refractivity contribution in [2.75, 3.05) is 18.0 Å². The van der Waals surface area contributed by atoms with Gasteiger partial charge in [0.25, 0.3) is 0 Å². The van der Waals surface area contributed by atoms with Gasteiger partial charge in [-0.3, -0.25) is 4.79 Å². The lowest BCUT2D eigenvalue weighted by molar-refractivity contribution is 0.104. The highest BCUT2D eigenvalue weighted by molar-refractivity contribution is 6.28. The summed E-state index contributed by atoms with van der Waals surface area (Å²) < 4.78 is 0. The van der Waals surface area contributed by atoms with Gasteiger partial charge in [0.15, 0.2) is 5.78 Å². The quantitative estimate of drug-likeness (QED) is 0.755. The predicted octanol–water partition coefficient (Wildman–Crippen LogP) is 5.28. The first-order chi connectivity index (χ1) is 12.7. The fourth-order valence-electron chi connectivity index (χ4n) is 4.17. The third kappa shape index (κ3) is 2.50. The summed E-state index contributed by atoms with van der Waals surface area (Å²) in [6, 6.07) is 14.4. The fraction of sp³-hybridized carbons (Fsp3) is 0.304. The van der Waals surface area contributed by atoms with Gasteiger partial charge in [0.05, 0.1) is 11.4 Å². The lowest BCUT2D eigenvalue weighted by atomic mass is 9.76. The Balaban J connectivity index is 1.91. The van der Waals surface area contributed by atoms with E-state index in [1.807, 2.05) is 30.3 Å². The van der Waals surface area contributed by atoms with Crippen LogP contribution in [0, 0.1) is 0 Å². The normalized spacial score (nSPS) is 17.7. The number of anilines is 1. The number of benzene rings is 2. The minimum atomic E-state index is 0.0938. The molecular weight excluding hydrogens is 320 g/mol. The average molecular weight is 344 g/mol. The Morgan fingerprint density at radius 1 is 1.00 bits per heavy atom. The molecule has 1 aliphatic heterocycles. The monoisotopic (exact) mass is 344 g/mol. The highest BCUT2D eigenvalue weighted by Crippen LogP contribution is 2.44. The highest BCUT2D eigenvalue weighted by atomic mass is 16.1. The van der Waals surface area contributed by atoms with Gasteiger partial charge in [0, 0.05) is 35.8 Å². The second-order valence-electron chi connectivity index (χ2n) is 6.85. The number of ketones is 1. The van der Waals surface area contributed by atoms with E-state index in [4.69, 9.17) is 4.99 Å². The molecule has 0 radical (unpaired) electrons. The SMILES string of the molecule is CCC1C2=CC(=O)c3ccccc3C2=Nc2ccc(N(CC)CC)cc21. The minimum absolute atomic E-state index is 0.0938. The van der Waals surface area contributed by atoms with Crippen molar-refractivity contribution in [1.29, 1.82) is 0 Å². The van der Waals surface area contributed by atoms with E-state index in [0.717, 1.165) is 47.6 Å². The van der Waals surface area contributed by atoms with Crippen molar-refractivity contribution in [3.63, 3.8) is 0 Å². The maximum atomic E-state index is 12.6. The van der Waals surface area contributed by atoms with Crippen molar-refractivity contribution >= 4 is 22.9 Å². The molecule has 4 rings (SSSR count). The number of hydrogen-bond acceptors (Lipinski definition) is 3.